The predicted molar refractivity (Wildman–Crippen MR) is 91.3 cm³/mol. The number of rotatable bonds is 16. The van der Waals surface area contributed by atoms with Crippen molar-refractivity contribution in [3.63, 3.8) is 0 Å². The molecule has 0 N–H and O–H groups in total. The third kappa shape index (κ3) is 16.3. The molecular weight excluding hydrogens is 268 g/mol. The lowest BCUT2D eigenvalue weighted by atomic mass is 10.0. The molecule has 0 aliphatic carbocycles. The third-order valence-corrected chi connectivity index (χ3v) is 4.42. The second kappa shape index (κ2) is 17.3. The normalized spacial score (nSPS) is 12.8. The van der Waals surface area contributed by atoms with Crippen molar-refractivity contribution in [2.24, 2.45) is 0 Å². The van der Waals surface area contributed by atoms with Gasteiger partial charge < -0.3 is 0 Å². The Balaban J connectivity index is 2.96. The Morgan fingerprint density at radius 2 is 1.00 bits per heavy atom. The second-order valence-electron chi connectivity index (χ2n) is 6.28. The molecule has 0 rings (SSSR count). The van der Waals surface area contributed by atoms with Gasteiger partial charge in [-0.15, -0.1) is 0 Å². The number of unbranched alkanes of at least 4 members (excludes halogenated alkanes) is 13. The molecule has 0 aliphatic heterocycles. The van der Waals surface area contributed by atoms with Gasteiger partial charge in [-0.2, -0.15) is 0 Å². The van der Waals surface area contributed by atoms with Crippen LogP contribution in [0, 0.1) is 0 Å². The number of hydrogen-bond acceptors (Lipinski definition) is 1. The van der Waals surface area contributed by atoms with Crippen molar-refractivity contribution in [3.05, 3.63) is 0 Å². The highest BCUT2D eigenvalue weighted by Gasteiger charge is 2.00. The summed E-state index contributed by atoms with van der Waals surface area (Å²) in [6.45, 7) is 4.32. The van der Waals surface area contributed by atoms with Crippen LogP contribution in [-0.4, -0.2) is 6.10 Å². The summed E-state index contributed by atoms with van der Waals surface area (Å²) in [6.07, 6.45) is 21.1. The minimum atomic E-state index is 0.217. The van der Waals surface area contributed by atoms with Gasteiger partial charge in [0.25, 0.3) is 0 Å². The summed E-state index contributed by atoms with van der Waals surface area (Å²) < 4.78 is 4.74. The summed E-state index contributed by atoms with van der Waals surface area (Å²) in [5.74, 6) is 0. The van der Waals surface area contributed by atoms with Gasteiger partial charge in [0.15, 0.2) is 0 Å². The predicted octanol–water partition coefficient (Wildman–Crippen LogP) is 7.42. The minimum absolute atomic E-state index is 0.217. The van der Waals surface area contributed by atoms with Crippen molar-refractivity contribution in [1.82, 2.24) is 0 Å². The first-order valence-electron chi connectivity index (χ1n) is 9.08. The smallest absolute Gasteiger partial charge is 0.0762 e. The van der Waals surface area contributed by atoms with E-state index in [0.717, 1.165) is 6.42 Å². The van der Waals surface area contributed by atoms with Gasteiger partial charge in [-0.25, -0.2) is 0 Å². The van der Waals surface area contributed by atoms with Gasteiger partial charge in [-0.05, 0) is 13.3 Å². The standard InChI is InChI=1S/C18H37ClO/c1-3-4-5-6-7-8-9-10-11-12-13-14-15-16-17-18(2)20-19/h18H,3-17H2,1-2H3. The SMILES string of the molecule is CCCCCCCCCCCCCCCCC(C)OCl. The van der Waals surface area contributed by atoms with Crippen molar-refractivity contribution in [1.29, 1.82) is 0 Å². The lowest BCUT2D eigenvalue weighted by Crippen LogP contribution is -2.00. The first kappa shape index (κ1) is 20.2. The molecule has 0 amide bonds. The van der Waals surface area contributed by atoms with Crippen LogP contribution in [0.5, 0.6) is 0 Å². The fraction of sp³-hybridized carbons (Fsp3) is 1.00. The van der Waals surface area contributed by atoms with Crippen LogP contribution >= 0.6 is 11.9 Å². The summed E-state index contributed by atoms with van der Waals surface area (Å²) >= 11 is 5.31. The minimum Gasteiger partial charge on any atom is -0.276 e. The Hall–Kier alpha value is 0.250. The third-order valence-electron chi connectivity index (χ3n) is 4.12. The highest BCUT2D eigenvalue weighted by molar-refractivity contribution is 6.07. The van der Waals surface area contributed by atoms with E-state index in [2.05, 4.69) is 6.92 Å². The number of halogens is 1. The van der Waals surface area contributed by atoms with Gasteiger partial charge in [0.05, 0.1) is 18.0 Å². The van der Waals surface area contributed by atoms with Gasteiger partial charge >= 0.3 is 0 Å². The molecule has 0 aromatic heterocycles. The Bertz CT molecular complexity index is 173. The van der Waals surface area contributed by atoms with E-state index >= 15 is 0 Å². The van der Waals surface area contributed by atoms with Crippen LogP contribution < -0.4 is 0 Å². The van der Waals surface area contributed by atoms with Gasteiger partial charge in [0.1, 0.15) is 0 Å². The largest absolute Gasteiger partial charge is 0.276 e. The van der Waals surface area contributed by atoms with Crippen molar-refractivity contribution < 1.29 is 4.29 Å². The van der Waals surface area contributed by atoms with E-state index in [1.54, 1.807) is 0 Å². The van der Waals surface area contributed by atoms with Gasteiger partial charge in [-0.3, -0.25) is 4.29 Å². The molecule has 0 heterocycles. The molecule has 1 nitrogen and oxygen atoms in total. The fourth-order valence-electron chi connectivity index (χ4n) is 2.67. The van der Waals surface area contributed by atoms with Crippen molar-refractivity contribution in [3.8, 4) is 0 Å². The van der Waals surface area contributed by atoms with Crippen LogP contribution in [0.2, 0.25) is 0 Å². The molecule has 0 aliphatic rings. The van der Waals surface area contributed by atoms with Crippen LogP contribution in [0.25, 0.3) is 0 Å². The highest BCUT2D eigenvalue weighted by atomic mass is 35.5. The van der Waals surface area contributed by atoms with Crippen molar-refractivity contribution in [2.45, 2.75) is 116 Å². The molecule has 1 atom stereocenters. The zero-order valence-corrected chi connectivity index (χ0v) is 14.7. The molecule has 1 unspecified atom stereocenters. The topological polar surface area (TPSA) is 9.23 Å². The van der Waals surface area contributed by atoms with E-state index in [1.165, 1.54) is 89.9 Å². The highest BCUT2D eigenvalue weighted by Crippen LogP contribution is 2.14. The second-order valence-corrected chi connectivity index (χ2v) is 6.46. The molecule has 0 fully saturated rings. The molecule has 0 bridgehead atoms. The van der Waals surface area contributed by atoms with Gasteiger partial charge in [-0.1, -0.05) is 96.8 Å². The van der Waals surface area contributed by atoms with E-state index < -0.39 is 0 Å². The molecule has 20 heavy (non-hydrogen) atoms. The van der Waals surface area contributed by atoms with E-state index in [-0.39, 0.29) is 6.10 Å². The van der Waals surface area contributed by atoms with E-state index in [4.69, 9.17) is 16.2 Å². The maximum Gasteiger partial charge on any atom is 0.0762 e. The van der Waals surface area contributed by atoms with Crippen LogP contribution in [0.3, 0.4) is 0 Å². The van der Waals surface area contributed by atoms with E-state index in [1.807, 2.05) is 6.92 Å². The van der Waals surface area contributed by atoms with Gasteiger partial charge in [0.2, 0.25) is 0 Å². The summed E-state index contributed by atoms with van der Waals surface area (Å²) in [5, 5.41) is 0. The zero-order valence-electron chi connectivity index (χ0n) is 14.0. The zero-order chi connectivity index (χ0) is 14.9. The van der Waals surface area contributed by atoms with Crippen LogP contribution in [0.15, 0.2) is 0 Å². The maximum absolute atomic E-state index is 5.31. The fourth-order valence-corrected chi connectivity index (χ4v) is 2.76. The van der Waals surface area contributed by atoms with Gasteiger partial charge in [0, 0.05) is 0 Å². The maximum atomic E-state index is 5.31. The molecule has 0 saturated carbocycles. The van der Waals surface area contributed by atoms with Crippen molar-refractivity contribution in [2.75, 3.05) is 0 Å². The first-order chi connectivity index (χ1) is 9.81. The lowest BCUT2D eigenvalue weighted by molar-refractivity contribution is 0.228. The molecule has 2 heteroatoms. The quantitative estimate of drug-likeness (QED) is 0.270. The molecule has 0 aromatic rings. The average Bonchev–Trinajstić information content (AvgIpc) is 2.47. The van der Waals surface area contributed by atoms with Crippen LogP contribution in [0.4, 0.5) is 0 Å². The molecule has 122 valence electrons. The molecule has 0 spiro atoms. The molecule has 0 saturated heterocycles. The molecular formula is C18H37ClO. The Labute approximate surface area is 133 Å². The van der Waals surface area contributed by atoms with Crippen molar-refractivity contribution >= 4 is 11.9 Å². The lowest BCUT2D eigenvalue weighted by Gasteiger charge is -2.06. The summed E-state index contributed by atoms with van der Waals surface area (Å²) in [4.78, 5) is 0. The Morgan fingerprint density at radius 3 is 1.35 bits per heavy atom. The number of hydrogen-bond donors (Lipinski definition) is 0. The van der Waals surface area contributed by atoms with E-state index in [9.17, 15) is 0 Å². The molecule has 0 aromatic carbocycles. The Kier molecular flexibility index (Phi) is 17.5. The Morgan fingerprint density at radius 1 is 0.650 bits per heavy atom. The summed E-state index contributed by atoms with van der Waals surface area (Å²) in [7, 11) is 0. The van der Waals surface area contributed by atoms with Crippen LogP contribution in [-0.2, 0) is 4.29 Å². The first-order valence-corrected chi connectivity index (χ1v) is 9.39. The monoisotopic (exact) mass is 304 g/mol. The summed E-state index contributed by atoms with van der Waals surface area (Å²) in [5.41, 5.74) is 0. The molecule has 0 radical (unpaired) electrons. The van der Waals surface area contributed by atoms with E-state index in [0.29, 0.717) is 0 Å². The average molecular weight is 305 g/mol. The summed E-state index contributed by atoms with van der Waals surface area (Å²) in [6, 6.07) is 0. The van der Waals surface area contributed by atoms with Crippen LogP contribution in [0.1, 0.15) is 110 Å².